The lowest BCUT2D eigenvalue weighted by atomic mass is 9.48. The number of carboxylic acid groups (broad SMARTS) is 1. The van der Waals surface area contributed by atoms with E-state index in [9.17, 15) is 14.7 Å². The van der Waals surface area contributed by atoms with Crippen LogP contribution in [0.3, 0.4) is 0 Å². The van der Waals surface area contributed by atoms with Gasteiger partial charge in [0.2, 0.25) is 5.91 Å². The molecular formula is C40H40N4O3. The number of carbonyl (C=O) groups excluding carboxylic acids is 1. The van der Waals surface area contributed by atoms with Crippen molar-refractivity contribution in [3.05, 3.63) is 137 Å². The second-order valence-electron chi connectivity index (χ2n) is 14.2. The van der Waals surface area contributed by atoms with Crippen LogP contribution in [0.4, 0.5) is 4.79 Å². The molecule has 238 valence electrons. The van der Waals surface area contributed by atoms with Crippen molar-refractivity contribution in [2.75, 3.05) is 0 Å². The number of aromatic amines is 1. The SMILES string of the molecule is O=C(O)N[C@@H](CC(=O)NC(c1ccccc1)(c1ccccc1)c1ccccc1)c1nc2ccc(C34CC5CC(CC(C5)C3)C4)cc2[nH]1. The molecule has 0 saturated heterocycles. The van der Waals surface area contributed by atoms with Crippen LogP contribution in [-0.4, -0.2) is 27.1 Å². The van der Waals surface area contributed by atoms with Gasteiger partial charge in [-0.25, -0.2) is 9.78 Å². The Morgan fingerprint density at radius 3 is 1.79 bits per heavy atom. The van der Waals surface area contributed by atoms with E-state index in [1.54, 1.807) is 0 Å². The monoisotopic (exact) mass is 624 g/mol. The summed E-state index contributed by atoms with van der Waals surface area (Å²) in [6.45, 7) is 0. The lowest BCUT2D eigenvalue weighted by molar-refractivity contribution is -0.122. The number of hydrogen-bond acceptors (Lipinski definition) is 3. The first-order chi connectivity index (χ1) is 22.9. The molecule has 0 unspecified atom stereocenters. The summed E-state index contributed by atoms with van der Waals surface area (Å²) < 4.78 is 0. The van der Waals surface area contributed by atoms with Gasteiger partial charge in [-0.3, -0.25) is 4.79 Å². The van der Waals surface area contributed by atoms with Gasteiger partial charge >= 0.3 is 6.09 Å². The number of hydrogen-bond donors (Lipinski definition) is 4. The molecule has 4 aliphatic rings. The fraction of sp³-hybridized carbons (Fsp3) is 0.325. The molecule has 4 aliphatic carbocycles. The van der Waals surface area contributed by atoms with Crippen molar-refractivity contribution in [1.82, 2.24) is 20.6 Å². The zero-order chi connectivity index (χ0) is 32.0. The van der Waals surface area contributed by atoms with Crippen molar-refractivity contribution in [2.24, 2.45) is 17.8 Å². The van der Waals surface area contributed by atoms with Crippen LogP contribution in [0.5, 0.6) is 0 Å². The maximum atomic E-state index is 14.2. The second-order valence-corrected chi connectivity index (χ2v) is 14.2. The molecule has 0 aliphatic heterocycles. The maximum Gasteiger partial charge on any atom is 0.405 e. The Labute approximate surface area is 274 Å². The molecule has 0 radical (unpaired) electrons. The molecule has 1 aromatic heterocycles. The molecular weight excluding hydrogens is 584 g/mol. The minimum absolute atomic E-state index is 0.137. The summed E-state index contributed by atoms with van der Waals surface area (Å²) in [5, 5.41) is 15.8. The predicted molar refractivity (Wildman–Crippen MR) is 182 cm³/mol. The molecule has 4 N–H and O–H groups in total. The minimum atomic E-state index is -1.21. The molecule has 1 atom stereocenters. The minimum Gasteiger partial charge on any atom is -0.465 e. The lowest BCUT2D eigenvalue weighted by Crippen LogP contribution is -2.48. The zero-order valence-electron chi connectivity index (χ0n) is 26.4. The molecule has 2 amide bonds. The predicted octanol–water partition coefficient (Wildman–Crippen LogP) is 7.84. The molecule has 47 heavy (non-hydrogen) atoms. The van der Waals surface area contributed by atoms with E-state index in [0.29, 0.717) is 5.82 Å². The van der Waals surface area contributed by atoms with E-state index in [2.05, 4.69) is 33.8 Å². The molecule has 4 fully saturated rings. The molecule has 1 heterocycles. The van der Waals surface area contributed by atoms with Crippen LogP contribution < -0.4 is 10.6 Å². The van der Waals surface area contributed by atoms with E-state index < -0.39 is 17.7 Å². The third-order valence-corrected chi connectivity index (χ3v) is 11.1. The number of H-pyrrole nitrogens is 1. The number of aromatic nitrogens is 2. The Kier molecular flexibility index (Phi) is 7.35. The fourth-order valence-electron chi connectivity index (χ4n) is 9.58. The normalized spacial score (nSPS) is 23.8. The highest BCUT2D eigenvalue weighted by molar-refractivity contribution is 5.81. The highest BCUT2D eigenvalue weighted by Crippen LogP contribution is 2.60. The molecule has 0 spiro atoms. The standard InChI is InChI=1S/C40H40N4O3/c45-36(44-40(29-10-4-1-5-11-29,30-12-6-2-7-13-30)31-14-8-3-9-15-31)22-35(43-38(46)47)37-41-33-17-16-32(21-34(33)42-37)39-23-26-18-27(24-39)20-28(19-26)25-39/h1-17,21,26-28,35,43H,18-20,22-25H2,(H,41,42)(H,44,45)(H,46,47)/t26?,27?,28?,35-,39?/m0/s1. The number of rotatable bonds is 9. The topological polar surface area (TPSA) is 107 Å². The molecule has 9 rings (SSSR count). The molecule has 4 bridgehead atoms. The van der Waals surface area contributed by atoms with Crippen LogP contribution in [0.2, 0.25) is 0 Å². The van der Waals surface area contributed by atoms with Gasteiger partial charge in [-0.2, -0.15) is 0 Å². The van der Waals surface area contributed by atoms with Crippen LogP contribution in [0.25, 0.3) is 11.0 Å². The summed E-state index contributed by atoms with van der Waals surface area (Å²) in [5.41, 5.74) is 4.96. The van der Waals surface area contributed by atoms with Crippen LogP contribution >= 0.6 is 0 Å². The van der Waals surface area contributed by atoms with E-state index in [-0.39, 0.29) is 17.7 Å². The number of amides is 2. The van der Waals surface area contributed by atoms with Gasteiger partial charge in [0.15, 0.2) is 0 Å². The van der Waals surface area contributed by atoms with Crippen molar-refractivity contribution < 1.29 is 14.7 Å². The summed E-state index contributed by atoms with van der Waals surface area (Å²) in [7, 11) is 0. The van der Waals surface area contributed by atoms with Gasteiger partial charge < -0.3 is 20.7 Å². The van der Waals surface area contributed by atoms with Gasteiger partial charge in [0, 0.05) is 0 Å². The highest BCUT2D eigenvalue weighted by atomic mass is 16.4. The molecule has 4 saturated carbocycles. The first-order valence-corrected chi connectivity index (χ1v) is 16.9. The number of nitrogens with zero attached hydrogens (tertiary/aromatic N) is 1. The third kappa shape index (κ3) is 5.37. The molecule has 7 nitrogen and oxygen atoms in total. The Hall–Kier alpha value is -4.91. The number of nitrogens with one attached hydrogen (secondary N) is 3. The van der Waals surface area contributed by atoms with E-state index >= 15 is 0 Å². The van der Waals surface area contributed by atoms with Crippen LogP contribution in [-0.2, 0) is 15.7 Å². The lowest BCUT2D eigenvalue weighted by Gasteiger charge is -2.57. The van der Waals surface area contributed by atoms with Crippen molar-refractivity contribution in [2.45, 2.75) is 61.9 Å². The molecule has 4 aromatic carbocycles. The number of benzene rings is 4. The largest absolute Gasteiger partial charge is 0.465 e. The quantitative estimate of drug-likeness (QED) is 0.125. The average molecular weight is 625 g/mol. The average Bonchev–Trinajstić information content (AvgIpc) is 3.51. The Morgan fingerprint density at radius 1 is 0.787 bits per heavy atom. The van der Waals surface area contributed by atoms with Gasteiger partial charge in [0.1, 0.15) is 11.4 Å². The number of carbonyl (C=O) groups is 2. The van der Waals surface area contributed by atoms with Crippen LogP contribution in [0, 0.1) is 17.8 Å². The van der Waals surface area contributed by atoms with Crippen molar-refractivity contribution in [3.63, 3.8) is 0 Å². The van der Waals surface area contributed by atoms with Gasteiger partial charge in [-0.05, 0) is 96.1 Å². The smallest absolute Gasteiger partial charge is 0.405 e. The summed E-state index contributed by atoms with van der Waals surface area (Å²) in [6, 6.07) is 35.3. The van der Waals surface area contributed by atoms with Gasteiger partial charge in [0.25, 0.3) is 0 Å². The van der Waals surface area contributed by atoms with Crippen molar-refractivity contribution in [3.8, 4) is 0 Å². The Morgan fingerprint density at radius 2 is 1.30 bits per heavy atom. The first-order valence-electron chi connectivity index (χ1n) is 16.9. The van der Waals surface area contributed by atoms with Crippen LogP contribution in [0.15, 0.2) is 109 Å². The summed E-state index contributed by atoms with van der Waals surface area (Å²) in [4.78, 5) is 34.5. The van der Waals surface area contributed by atoms with E-state index in [1.165, 1.54) is 44.1 Å². The maximum absolute atomic E-state index is 14.2. The van der Waals surface area contributed by atoms with Crippen LogP contribution in [0.1, 0.15) is 79.1 Å². The number of imidazole rings is 1. The molecule has 5 aromatic rings. The van der Waals surface area contributed by atoms with E-state index in [0.717, 1.165) is 45.5 Å². The third-order valence-electron chi connectivity index (χ3n) is 11.1. The summed E-state index contributed by atoms with van der Waals surface area (Å²) in [5.74, 6) is 2.64. The van der Waals surface area contributed by atoms with Gasteiger partial charge in [-0.15, -0.1) is 0 Å². The van der Waals surface area contributed by atoms with Gasteiger partial charge in [0.05, 0.1) is 23.5 Å². The first kappa shape index (κ1) is 29.5. The second kappa shape index (κ2) is 11.7. The van der Waals surface area contributed by atoms with E-state index in [1.807, 2.05) is 91.0 Å². The van der Waals surface area contributed by atoms with Crippen molar-refractivity contribution >= 4 is 23.0 Å². The fourth-order valence-corrected chi connectivity index (χ4v) is 9.58. The summed E-state index contributed by atoms with van der Waals surface area (Å²) >= 11 is 0. The highest BCUT2D eigenvalue weighted by Gasteiger charge is 2.51. The molecule has 7 heteroatoms. The Balaban J connectivity index is 1.12. The van der Waals surface area contributed by atoms with Crippen molar-refractivity contribution in [1.29, 1.82) is 0 Å². The zero-order valence-corrected chi connectivity index (χ0v) is 26.4. The van der Waals surface area contributed by atoms with Gasteiger partial charge in [-0.1, -0.05) is 97.1 Å². The Bertz CT molecular complexity index is 1770. The van der Waals surface area contributed by atoms with E-state index in [4.69, 9.17) is 4.98 Å². The summed E-state index contributed by atoms with van der Waals surface area (Å²) in [6.07, 6.45) is 6.62. The number of fused-ring (bicyclic) bond motifs is 1.